The van der Waals surface area contributed by atoms with Crippen LogP contribution in [0.5, 0.6) is 0 Å². The summed E-state index contributed by atoms with van der Waals surface area (Å²) < 4.78 is 0. The molecule has 0 bridgehead atoms. The molecule has 0 aliphatic carbocycles. The Hall–Kier alpha value is -0.300. The van der Waals surface area contributed by atoms with Crippen molar-refractivity contribution in [2.75, 3.05) is 7.05 Å². The smallest absolute Gasteiger partial charge is 0.00640 e. The zero-order chi connectivity index (χ0) is 25.5. The van der Waals surface area contributed by atoms with Crippen LogP contribution in [0.1, 0.15) is 194 Å². The van der Waals surface area contributed by atoms with Gasteiger partial charge in [0.25, 0.3) is 0 Å². The highest BCUT2D eigenvalue weighted by Crippen LogP contribution is 2.16. The average Bonchev–Trinajstić information content (AvgIpc) is 2.87. The van der Waals surface area contributed by atoms with Gasteiger partial charge in [0.1, 0.15) is 0 Å². The van der Waals surface area contributed by atoms with Gasteiger partial charge in [-0.05, 0) is 45.6 Å². The molecule has 0 heterocycles. The highest BCUT2D eigenvalue weighted by molar-refractivity contribution is 4.81. The minimum Gasteiger partial charge on any atom is -0.317 e. The number of unbranched alkanes of at least 4 members (excludes halogenated alkanes) is 23. The Morgan fingerprint density at radius 3 is 1.00 bits per heavy atom. The van der Waals surface area contributed by atoms with E-state index in [1.807, 2.05) is 0 Å². The minimum absolute atomic E-state index is 0.765. The van der Waals surface area contributed by atoms with Crippen LogP contribution in [-0.2, 0) is 0 Å². The van der Waals surface area contributed by atoms with Gasteiger partial charge in [-0.25, -0.2) is 0 Å². The summed E-state index contributed by atoms with van der Waals surface area (Å²) in [5, 5.41) is 3.57. The summed E-state index contributed by atoms with van der Waals surface area (Å²) in [7, 11) is 2.17. The van der Waals surface area contributed by atoms with Crippen LogP contribution in [-0.4, -0.2) is 13.1 Å². The Morgan fingerprint density at radius 2 is 0.686 bits per heavy atom. The first-order chi connectivity index (χ1) is 17.3. The average molecular weight is 492 g/mol. The number of hydrogen-bond acceptors (Lipinski definition) is 1. The van der Waals surface area contributed by atoms with Crippen molar-refractivity contribution in [1.82, 2.24) is 5.32 Å². The third-order valence-corrected chi connectivity index (χ3v) is 7.88. The quantitative estimate of drug-likeness (QED) is 0.0777. The van der Waals surface area contributed by atoms with Gasteiger partial charge >= 0.3 is 0 Å². The summed E-state index contributed by atoms with van der Waals surface area (Å²) in [5.41, 5.74) is 0. The Labute approximate surface area is 224 Å². The Balaban J connectivity index is 3.24. The maximum Gasteiger partial charge on any atom is 0.00640 e. The van der Waals surface area contributed by atoms with E-state index in [1.54, 1.807) is 0 Å². The maximum atomic E-state index is 3.57. The van der Waals surface area contributed by atoms with Gasteiger partial charge in [-0.15, -0.1) is 0 Å². The van der Waals surface area contributed by atoms with Gasteiger partial charge in [-0.2, -0.15) is 0 Å². The van der Waals surface area contributed by atoms with Crippen LogP contribution in [0.25, 0.3) is 0 Å². The van der Waals surface area contributed by atoms with Crippen LogP contribution < -0.4 is 5.32 Å². The van der Waals surface area contributed by atoms with Crippen molar-refractivity contribution in [2.45, 2.75) is 200 Å². The summed E-state index contributed by atoms with van der Waals surface area (Å²) in [6.45, 7) is 4.60. The van der Waals surface area contributed by atoms with Crippen molar-refractivity contribution in [3.05, 3.63) is 12.2 Å². The second-order valence-corrected chi connectivity index (χ2v) is 11.4. The van der Waals surface area contributed by atoms with Crippen molar-refractivity contribution >= 4 is 0 Å². The molecule has 0 rings (SSSR count). The van der Waals surface area contributed by atoms with E-state index >= 15 is 0 Å². The fourth-order valence-electron chi connectivity index (χ4n) is 5.30. The zero-order valence-electron chi connectivity index (χ0n) is 25.0. The van der Waals surface area contributed by atoms with E-state index in [0.29, 0.717) is 0 Å². The SMILES string of the molecule is CCCCCCCCC=CCCCCCCCCCCCCCC(CCCCCCCCC)NC. The monoisotopic (exact) mass is 492 g/mol. The molecule has 0 radical (unpaired) electrons. The van der Waals surface area contributed by atoms with Crippen LogP contribution in [0.15, 0.2) is 12.2 Å². The van der Waals surface area contributed by atoms with E-state index in [2.05, 4.69) is 38.4 Å². The van der Waals surface area contributed by atoms with Gasteiger partial charge in [0.05, 0.1) is 0 Å². The fraction of sp³-hybridized carbons (Fsp3) is 0.941. The van der Waals surface area contributed by atoms with Gasteiger partial charge in [-0.1, -0.05) is 167 Å². The molecule has 1 atom stereocenters. The maximum absolute atomic E-state index is 3.57. The highest BCUT2D eigenvalue weighted by atomic mass is 14.9. The molecule has 0 aromatic rings. The predicted molar refractivity (Wildman–Crippen MR) is 163 cm³/mol. The third-order valence-electron chi connectivity index (χ3n) is 7.88. The predicted octanol–water partition coefficient (Wildman–Crippen LogP) is 12.1. The Morgan fingerprint density at radius 1 is 0.400 bits per heavy atom. The third kappa shape index (κ3) is 29.8. The molecule has 210 valence electrons. The molecular weight excluding hydrogens is 422 g/mol. The molecule has 0 spiro atoms. The first kappa shape index (κ1) is 34.7. The van der Waals surface area contributed by atoms with Crippen molar-refractivity contribution < 1.29 is 0 Å². The summed E-state index contributed by atoms with van der Waals surface area (Å²) in [5.74, 6) is 0. The lowest BCUT2D eigenvalue weighted by atomic mass is 10.00. The first-order valence-corrected chi connectivity index (χ1v) is 16.7. The lowest BCUT2D eigenvalue weighted by Gasteiger charge is -2.16. The van der Waals surface area contributed by atoms with Gasteiger partial charge in [0, 0.05) is 6.04 Å². The fourth-order valence-corrected chi connectivity index (χ4v) is 5.30. The van der Waals surface area contributed by atoms with Crippen LogP contribution in [0.4, 0.5) is 0 Å². The number of rotatable bonds is 30. The molecule has 1 heteroatoms. The van der Waals surface area contributed by atoms with Crippen molar-refractivity contribution in [3.63, 3.8) is 0 Å². The number of hydrogen-bond donors (Lipinski definition) is 1. The van der Waals surface area contributed by atoms with Crippen LogP contribution in [0, 0.1) is 0 Å². The summed E-state index contributed by atoms with van der Waals surface area (Å²) >= 11 is 0. The molecule has 0 aliphatic heterocycles. The van der Waals surface area contributed by atoms with E-state index in [9.17, 15) is 0 Å². The molecular formula is C34H69N. The standard InChI is InChI=1S/C34H69N/c1-4-6-8-10-12-13-14-15-16-17-18-19-20-21-22-23-24-25-27-29-31-33-34(35-3)32-30-28-26-11-9-7-5-2/h15-16,34-35H,4-14,17-33H2,1-3H3. The van der Waals surface area contributed by atoms with Gasteiger partial charge < -0.3 is 5.32 Å². The molecule has 0 aromatic carbocycles. The Kier molecular flexibility index (Phi) is 31.5. The van der Waals surface area contributed by atoms with Crippen LogP contribution in [0.3, 0.4) is 0 Å². The molecule has 0 amide bonds. The molecule has 35 heavy (non-hydrogen) atoms. The van der Waals surface area contributed by atoms with Crippen LogP contribution in [0.2, 0.25) is 0 Å². The van der Waals surface area contributed by atoms with E-state index in [1.165, 1.54) is 180 Å². The second kappa shape index (κ2) is 31.7. The topological polar surface area (TPSA) is 12.0 Å². The minimum atomic E-state index is 0.765. The van der Waals surface area contributed by atoms with Gasteiger partial charge in [0.15, 0.2) is 0 Å². The van der Waals surface area contributed by atoms with Gasteiger partial charge in [0.2, 0.25) is 0 Å². The molecule has 0 aliphatic rings. The lowest BCUT2D eigenvalue weighted by molar-refractivity contribution is 0.434. The van der Waals surface area contributed by atoms with E-state index < -0.39 is 0 Å². The highest BCUT2D eigenvalue weighted by Gasteiger charge is 2.05. The van der Waals surface area contributed by atoms with Crippen molar-refractivity contribution in [1.29, 1.82) is 0 Å². The second-order valence-electron chi connectivity index (χ2n) is 11.4. The summed E-state index contributed by atoms with van der Waals surface area (Å²) in [6, 6.07) is 0.765. The van der Waals surface area contributed by atoms with E-state index in [4.69, 9.17) is 0 Å². The molecule has 1 N–H and O–H groups in total. The number of nitrogens with one attached hydrogen (secondary N) is 1. The molecule has 1 unspecified atom stereocenters. The summed E-state index contributed by atoms with van der Waals surface area (Å²) in [6.07, 6.45) is 44.7. The molecule has 0 aromatic heterocycles. The number of allylic oxidation sites excluding steroid dienone is 2. The lowest BCUT2D eigenvalue weighted by Crippen LogP contribution is -2.24. The van der Waals surface area contributed by atoms with E-state index in [-0.39, 0.29) is 0 Å². The van der Waals surface area contributed by atoms with E-state index in [0.717, 1.165) is 6.04 Å². The molecule has 0 fully saturated rings. The normalized spacial score (nSPS) is 12.7. The molecule has 0 saturated carbocycles. The zero-order valence-corrected chi connectivity index (χ0v) is 25.0. The molecule has 0 saturated heterocycles. The van der Waals surface area contributed by atoms with Gasteiger partial charge in [-0.3, -0.25) is 0 Å². The Bertz CT molecular complexity index is 388. The largest absolute Gasteiger partial charge is 0.317 e. The van der Waals surface area contributed by atoms with Crippen molar-refractivity contribution in [2.24, 2.45) is 0 Å². The summed E-state index contributed by atoms with van der Waals surface area (Å²) in [4.78, 5) is 0. The first-order valence-electron chi connectivity index (χ1n) is 16.7. The van der Waals surface area contributed by atoms with Crippen LogP contribution >= 0.6 is 0 Å². The molecule has 1 nitrogen and oxygen atoms in total. The van der Waals surface area contributed by atoms with Crippen molar-refractivity contribution in [3.8, 4) is 0 Å².